The van der Waals surface area contributed by atoms with Crippen LogP contribution in [0.1, 0.15) is 23.0 Å². The molecule has 3 aromatic rings. The number of carboxylic acid groups (broad SMARTS) is 1. The smallest absolute Gasteiger partial charge is 0.354 e. The Morgan fingerprint density at radius 3 is 2.44 bits per heavy atom. The number of hydrogen-bond donors (Lipinski definition) is 2. The van der Waals surface area contributed by atoms with Crippen molar-refractivity contribution in [2.75, 3.05) is 19.0 Å². The van der Waals surface area contributed by atoms with Crippen molar-refractivity contribution in [3.63, 3.8) is 0 Å². The number of H-pyrrole nitrogens is 1. The molecule has 7 nitrogen and oxygen atoms in total. The van der Waals surface area contributed by atoms with Gasteiger partial charge in [-0.25, -0.2) is 4.79 Å². The fourth-order valence-electron chi connectivity index (χ4n) is 2.91. The van der Waals surface area contributed by atoms with E-state index in [1.165, 1.54) is 6.92 Å². The van der Waals surface area contributed by atoms with Gasteiger partial charge in [0, 0.05) is 33.2 Å². The molecular formula is C20H20N2O5. The molecule has 27 heavy (non-hydrogen) atoms. The van der Waals surface area contributed by atoms with Crippen LogP contribution in [0.2, 0.25) is 0 Å². The number of aromatic carboxylic acids is 1. The number of carboxylic acids is 1. The summed E-state index contributed by atoms with van der Waals surface area (Å²) in [5, 5.41) is 10.0. The van der Waals surface area contributed by atoms with E-state index in [1.807, 2.05) is 30.3 Å². The summed E-state index contributed by atoms with van der Waals surface area (Å²) in [4.78, 5) is 27.7. The second-order valence-corrected chi connectivity index (χ2v) is 6.26. The van der Waals surface area contributed by atoms with Gasteiger partial charge in [0.25, 0.3) is 0 Å². The summed E-state index contributed by atoms with van der Waals surface area (Å²) in [7, 11) is 3.46. The predicted molar refractivity (Wildman–Crippen MR) is 102 cm³/mol. The second-order valence-electron chi connectivity index (χ2n) is 6.26. The Morgan fingerprint density at radius 2 is 1.85 bits per heavy atom. The van der Waals surface area contributed by atoms with E-state index in [1.54, 1.807) is 31.1 Å². The zero-order valence-corrected chi connectivity index (χ0v) is 15.3. The van der Waals surface area contributed by atoms with E-state index in [2.05, 4.69) is 4.98 Å². The average Bonchev–Trinajstić information content (AvgIpc) is 3.01. The number of ether oxygens (including phenoxy) is 2. The number of rotatable bonds is 6. The van der Waals surface area contributed by atoms with Crippen molar-refractivity contribution in [1.82, 2.24) is 4.98 Å². The molecule has 0 amide bonds. The number of aromatic nitrogens is 1. The minimum absolute atomic E-state index is 0.0172. The third kappa shape index (κ3) is 3.87. The third-order valence-electron chi connectivity index (χ3n) is 3.97. The molecule has 0 aliphatic carbocycles. The van der Waals surface area contributed by atoms with E-state index in [0.717, 1.165) is 5.56 Å². The summed E-state index contributed by atoms with van der Waals surface area (Å²) in [5.74, 6) is -0.892. The van der Waals surface area contributed by atoms with Crippen molar-refractivity contribution < 1.29 is 24.2 Å². The molecule has 0 unspecified atom stereocenters. The summed E-state index contributed by atoms with van der Waals surface area (Å²) in [5.41, 5.74) is 1.95. The number of carbonyl (C=O) groups excluding carboxylic acids is 1. The van der Waals surface area contributed by atoms with Gasteiger partial charge < -0.3 is 24.5 Å². The molecule has 0 atom stereocenters. The quantitative estimate of drug-likeness (QED) is 0.512. The first-order chi connectivity index (χ1) is 12.9. The molecule has 0 aliphatic rings. The van der Waals surface area contributed by atoms with Gasteiger partial charge in [-0.1, -0.05) is 30.3 Å². The van der Waals surface area contributed by atoms with Crippen molar-refractivity contribution in [2.24, 2.45) is 0 Å². The number of esters is 1. The fraction of sp³-hybridized carbons (Fsp3) is 0.200. The molecule has 0 aliphatic heterocycles. The lowest BCUT2D eigenvalue weighted by atomic mass is 10.1. The molecule has 3 rings (SSSR count). The molecule has 0 fully saturated rings. The van der Waals surface area contributed by atoms with E-state index in [0.29, 0.717) is 28.9 Å². The molecule has 0 bridgehead atoms. The standard InChI is InChI=1S/C20H20N2O5/c1-12(23)27-16-10-14(26-11-13-7-5-4-6-8-13)9-15-17(16)19(22(2)3)18(21-15)20(24)25/h4-10,21H,11H2,1-3H3,(H,24,25). The summed E-state index contributed by atoms with van der Waals surface area (Å²) >= 11 is 0. The van der Waals surface area contributed by atoms with Crippen LogP contribution in [0.3, 0.4) is 0 Å². The molecule has 2 aromatic carbocycles. The normalized spacial score (nSPS) is 10.6. The van der Waals surface area contributed by atoms with Crippen LogP contribution >= 0.6 is 0 Å². The first-order valence-electron chi connectivity index (χ1n) is 8.32. The van der Waals surface area contributed by atoms with E-state index < -0.39 is 11.9 Å². The van der Waals surface area contributed by atoms with Crippen LogP contribution in [0.4, 0.5) is 5.69 Å². The average molecular weight is 368 g/mol. The van der Waals surface area contributed by atoms with Crippen LogP contribution < -0.4 is 14.4 Å². The lowest BCUT2D eigenvalue weighted by Crippen LogP contribution is -2.13. The van der Waals surface area contributed by atoms with Crippen LogP contribution in [0.5, 0.6) is 11.5 Å². The van der Waals surface area contributed by atoms with Gasteiger partial charge in [-0.15, -0.1) is 0 Å². The maximum atomic E-state index is 11.6. The zero-order chi connectivity index (χ0) is 19.6. The Bertz CT molecular complexity index is 993. The highest BCUT2D eigenvalue weighted by Gasteiger charge is 2.23. The topological polar surface area (TPSA) is 91.9 Å². The Balaban J connectivity index is 2.09. The largest absolute Gasteiger partial charge is 0.489 e. The molecule has 0 spiro atoms. The maximum absolute atomic E-state index is 11.6. The number of nitrogens with one attached hydrogen (secondary N) is 1. The number of carbonyl (C=O) groups is 2. The highest BCUT2D eigenvalue weighted by Crippen LogP contribution is 2.40. The van der Waals surface area contributed by atoms with Gasteiger partial charge in [0.05, 0.1) is 16.6 Å². The number of nitrogens with zero attached hydrogens (tertiary/aromatic N) is 1. The van der Waals surface area contributed by atoms with Crippen LogP contribution in [0, 0.1) is 0 Å². The Kier molecular flexibility index (Phi) is 5.03. The van der Waals surface area contributed by atoms with Crippen LogP contribution in [0.25, 0.3) is 10.9 Å². The number of benzene rings is 2. The van der Waals surface area contributed by atoms with Crippen molar-refractivity contribution in [2.45, 2.75) is 13.5 Å². The summed E-state index contributed by atoms with van der Waals surface area (Å²) < 4.78 is 11.2. The van der Waals surface area contributed by atoms with Crippen molar-refractivity contribution in [3.8, 4) is 11.5 Å². The van der Waals surface area contributed by atoms with Gasteiger partial charge in [0.15, 0.2) is 0 Å². The van der Waals surface area contributed by atoms with Gasteiger partial charge >= 0.3 is 11.9 Å². The zero-order valence-electron chi connectivity index (χ0n) is 15.3. The number of hydrogen-bond acceptors (Lipinski definition) is 5. The molecule has 1 aromatic heterocycles. The molecule has 0 saturated carbocycles. The highest BCUT2D eigenvalue weighted by atomic mass is 16.5. The lowest BCUT2D eigenvalue weighted by Gasteiger charge is -2.15. The highest BCUT2D eigenvalue weighted by molar-refractivity contribution is 6.09. The summed E-state index contributed by atoms with van der Waals surface area (Å²) in [6, 6.07) is 12.9. The van der Waals surface area contributed by atoms with E-state index in [4.69, 9.17) is 9.47 Å². The Hall–Kier alpha value is -3.48. The second kappa shape index (κ2) is 7.41. The summed E-state index contributed by atoms with van der Waals surface area (Å²) in [6.07, 6.45) is 0. The molecule has 140 valence electrons. The monoisotopic (exact) mass is 368 g/mol. The Morgan fingerprint density at radius 1 is 1.15 bits per heavy atom. The number of fused-ring (bicyclic) bond motifs is 1. The predicted octanol–water partition coefficient (Wildman–Crippen LogP) is 3.44. The van der Waals surface area contributed by atoms with E-state index >= 15 is 0 Å². The molecule has 2 N–H and O–H groups in total. The maximum Gasteiger partial charge on any atom is 0.354 e. The van der Waals surface area contributed by atoms with Crippen LogP contribution in [-0.4, -0.2) is 36.1 Å². The van der Waals surface area contributed by atoms with Gasteiger partial charge in [0.1, 0.15) is 23.8 Å². The van der Waals surface area contributed by atoms with Crippen molar-refractivity contribution in [1.29, 1.82) is 0 Å². The first-order valence-corrected chi connectivity index (χ1v) is 8.32. The fourth-order valence-corrected chi connectivity index (χ4v) is 2.91. The van der Waals surface area contributed by atoms with Crippen molar-refractivity contribution >= 4 is 28.5 Å². The van der Waals surface area contributed by atoms with Crippen LogP contribution in [-0.2, 0) is 11.4 Å². The molecule has 0 saturated heterocycles. The van der Waals surface area contributed by atoms with Gasteiger partial charge in [-0.2, -0.15) is 0 Å². The minimum Gasteiger partial charge on any atom is -0.489 e. The van der Waals surface area contributed by atoms with Gasteiger partial charge in [-0.3, -0.25) is 4.79 Å². The molecule has 1 heterocycles. The summed E-state index contributed by atoms with van der Waals surface area (Å²) in [6.45, 7) is 1.63. The van der Waals surface area contributed by atoms with Crippen LogP contribution in [0.15, 0.2) is 42.5 Å². The Labute approximate surface area is 156 Å². The molecule has 7 heteroatoms. The number of anilines is 1. The SMILES string of the molecule is CC(=O)Oc1cc(OCc2ccccc2)cc2[nH]c(C(=O)O)c(N(C)C)c12. The van der Waals surface area contributed by atoms with Gasteiger partial charge in [-0.05, 0) is 5.56 Å². The minimum atomic E-state index is -1.10. The third-order valence-corrected chi connectivity index (χ3v) is 3.97. The van der Waals surface area contributed by atoms with Crippen molar-refractivity contribution in [3.05, 3.63) is 53.7 Å². The number of aromatic amines is 1. The molecular weight excluding hydrogens is 348 g/mol. The molecule has 0 radical (unpaired) electrons. The lowest BCUT2D eigenvalue weighted by molar-refractivity contribution is -0.131. The van der Waals surface area contributed by atoms with E-state index in [-0.39, 0.29) is 11.4 Å². The first kappa shape index (κ1) is 18.3. The van der Waals surface area contributed by atoms with E-state index in [9.17, 15) is 14.7 Å². The van der Waals surface area contributed by atoms with Gasteiger partial charge in [0.2, 0.25) is 0 Å².